The fourth-order valence-electron chi connectivity index (χ4n) is 2.94. The van der Waals surface area contributed by atoms with Crippen LogP contribution in [0, 0.1) is 0 Å². The van der Waals surface area contributed by atoms with Crippen LogP contribution in [0.15, 0.2) is 66.9 Å². The molecular weight excluding hydrogens is 425 g/mol. The summed E-state index contributed by atoms with van der Waals surface area (Å²) in [6.07, 6.45) is 1.70. The van der Waals surface area contributed by atoms with Gasteiger partial charge in [-0.1, -0.05) is 59.6 Å². The summed E-state index contributed by atoms with van der Waals surface area (Å²) in [4.78, 5) is 29.1. The van der Waals surface area contributed by atoms with Crippen molar-refractivity contribution in [3.63, 3.8) is 0 Å². The van der Waals surface area contributed by atoms with Gasteiger partial charge < -0.3 is 10.1 Å². The van der Waals surface area contributed by atoms with E-state index in [1.807, 2.05) is 48.5 Å². The van der Waals surface area contributed by atoms with Crippen molar-refractivity contribution in [1.82, 2.24) is 10.3 Å². The third-order valence-electron chi connectivity index (χ3n) is 4.31. The van der Waals surface area contributed by atoms with E-state index in [-0.39, 0.29) is 39.8 Å². The lowest BCUT2D eigenvalue weighted by Crippen LogP contribution is -2.32. The van der Waals surface area contributed by atoms with Crippen LogP contribution in [-0.4, -0.2) is 30.5 Å². The van der Waals surface area contributed by atoms with Crippen LogP contribution in [-0.2, 0) is 9.53 Å². The number of pyridine rings is 1. The Morgan fingerprint density at radius 3 is 2.47 bits per heavy atom. The molecule has 0 aliphatic rings. The summed E-state index contributed by atoms with van der Waals surface area (Å²) in [5.74, 6) is -1.04. The lowest BCUT2D eigenvalue weighted by atomic mass is 10.0. The maximum Gasteiger partial charge on any atom is 0.340 e. The van der Waals surface area contributed by atoms with Gasteiger partial charge in [-0.05, 0) is 29.8 Å². The molecule has 3 rings (SSSR count). The third kappa shape index (κ3) is 5.36. The number of ether oxygens (including phenoxy) is 1. The highest BCUT2D eigenvalue weighted by atomic mass is 35.5. The van der Waals surface area contributed by atoms with Crippen molar-refractivity contribution < 1.29 is 14.3 Å². The number of methoxy groups -OCH3 is 1. The molecule has 0 bridgehead atoms. The van der Waals surface area contributed by atoms with Gasteiger partial charge in [-0.3, -0.25) is 15.1 Å². The van der Waals surface area contributed by atoms with Crippen LogP contribution in [0.2, 0.25) is 10.0 Å². The predicted octanol–water partition coefficient (Wildman–Crippen LogP) is 4.49. The molecule has 1 heterocycles. The Morgan fingerprint density at radius 2 is 1.80 bits per heavy atom. The van der Waals surface area contributed by atoms with Crippen LogP contribution < -0.4 is 10.6 Å². The van der Waals surface area contributed by atoms with Crippen LogP contribution >= 0.6 is 23.2 Å². The Bertz CT molecular complexity index is 991. The van der Waals surface area contributed by atoms with Gasteiger partial charge in [0.05, 0.1) is 41.7 Å². The fraction of sp³-hybridized carbons (Fsp3) is 0.136. The standard InChI is InChI=1S/C22H19Cl2N3O3/c1-30-22(29)16-11-15(23)12-17(24)21(16)27-19(28)13-26-20(14-7-3-2-4-8-14)18-9-5-6-10-25-18/h2-12,20,26H,13H2,1H3,(H,27,28)/t20-/m0/s1. The number of nitrogens with zero attached hydrogens (tertiary/aromatic N) is 1. The highest BCUT2D eigenvalue weighted by Gasteiger charge is 2.20. The number of benzene rings is 2. The lowest BCUT2D eigenvalue weighted by Gasteiger charge is -2.19. The second kappa shape index (κ2) is 10.2. The molecular formula is C22H19Cl2N3O3. The number of carbonyl (C=O) groups is 2. The highest BCUT2D eigenvalue weighted by molar-refractivity contribution is 6.37. The Balaban J connectivity index is 1.78. The molecule has 0 spiro atoms. The third-order valence-corrected chi connectivity index (χ3v) is 4.82. The van der Waals surface area contributed by atoms with E-state index in [9.17, 15) is 9.59 Å². The van der Waals surface area contributed by atoms with Gasteiger partial charge in [0.25, 0.3) is 0 Å². The zero-order chi connectivity index (χ0) is 21.5. The molecule has 154 valence electrons. The van der Waals surface area contributed by atoms with Crippen molar-refractivity contribution >= 4 is 40.8 Å². The number of anilines is 1. The molecule has 0 saturated carbocycles. The molecule has 6 nitrogen and oxygen atoms in total. The summed E-state index contributed by atoms with van der Waals surface area (Å²) < 4.78 is 4.75. The van der Waals surface area contributed by atoms with Crippen LogP contribution in [0.4, 0.5) is 5.69 Å². The zero-order valence-corrected chi connectivity index (χ0v) is 17.6. The summed E-state index contributed by atoms with van der Waals surface area (Å²) in [5.41, 5.74) is 1.96. The molecule has 2 N–H and O–H groups in total. The minimum absolute atomic E-state index is 0.0459. The van der Waals surface area contributed by atoms with Crippen molar-refractivity contribution in [2.45, 2.75) is 6.04 Å². The molecule has 0 aliphatic heterocycles. The molecule has 0 fully saturated rings. The summed E-state index contributed by atoms with van der Waals surface area (Å²) in [5, 5.41) is 6.27. The van der Waals surface area contributed by atoms with Crippen LogP contribution in [0.5, 0.6) is 0 Å². The average molecular weight is 444 g/mol. The second-order valence-corrected chi connectivity index (χ2v) is 7.17. The van der Waals surface area contributed by atoms with E-state index in [1.54, 1.807) is 6.20 Å². The molecule has 1 atom stereocenters. The van der Waals surface area contributed by atoms with Crippen molar-refractivity contribution in [2.24, 2.45) is 0 Å². The number of hydrogen-bond acceptors (Lipinski definition) is 5. The largest absolute Gasteiger partial charge is 0.465 e. The molecule has 1 amide bonds. The van der Waals surface area contributed by atoms with E-state index >= 15 is 0 Å². The Labute approximate surface area is 184 Å². The van der Waals surface area contributed by atoms with Crippen molar-refractivity contribution in [3.05, 3.63) is 93.7 Å². The number of aromatic nitrogens is 1. The van der Waals surface area contributed by atoms with Gasteiger partial charge >= 0.3 is 5.97 Å². The SMILES string of the molecule is COC(=O)c1cc(Cl)cc(Cl)c1NC(=O)CN[C@@H](c1ccccc1)c1ccccn1. The zero-order valence-electron chi connectivity index (χ0n) is 16.1. The van der Waals surface area contributed by atoms with Gasteiger partial charge in [-0.15, -0.1) is 0 Å². The van der Waals surface area contributed by atoms with E-state index in [4.69, 9.17) is 27.9 Å². The monoisotopic (exact) mass is 443 g/mol. The average Bonchev–Trinajstić information content (AvgIpc) is 2.76. The Morgan fingerprint density at radius 1 is 1.07 bits per heavy atom. The Kier molecular flexibility index (Phi) is 7.41. The molecule has 1 aromatic heterocycles. The van der Waals surface area contributed by atoms with E-state index in [0.717, 1.165) is 11.3 Å². The number of halogens is 2. The van der Waals surface area contributed by atoms with E-state index in [2.05, 4.69) is 15.6 Å². The second-order valence-electron chi connectivity index (χ2n) is 6.33. The van der Waals surface area contributed by atoms with Gasteiger partial charge in [-0.2, -0.15) is 0 Å². The fourth-order valence-corrected chi connectivity index (χ4v) is 3.48. The van der Waals surface area contributed by atoms with Gasteiger partial charge in [0.15, 0.2) is 0 Å². The first-order chi connectivity index (χ1) is 14.5. The molecule has 0 unspecified atom stereocenters. The first-order valence-corrected chi connectivity index (χ1v) is 9.81. The van der Waals surface area contributed by atoms with Crippen molar-refractivity contribution in [2.75, 3.05) is 19.0 Å². The molecule has 30 heavy (non-hydrogen) atoms. The number of amides is 1. The summed E-state index contributed by atoms with van der Waals surface area (Å²) in [6.45, 7) is -0.0459. The Hall–Kier alpha value is -2.93. The molecule has 0 saturated heterocycles. The molecule has 8 heteroatoms. The smallest absolute Gasteiger partial charge is 0.340 e. The molecule has 0 aliphatic carbocycles. The molecule has 3 aromatic rings. The lowest BCUT2D eigenvalue weighted by molar-refractivity contribution is -0.115. The summed E-state index contributed by atoms with van der Waals surface area (Å²) in [6, 6.07) is 17.8. The number of carbonyl (C=O) groups excluding carboxylic acids is 2. The number of esters is 1. The van der Waals surface area contributed by atoms with Gasteiger partial charge in [0.2, 0.25) is 5.91 Å². The maximum absolute atomic E-state index is 12.6. The minimum Gasteiger partial charge on any atom is -0.465 e. The van der Waals surface area contributed by atoms with E-state index < -0.39 is 5.97 Å². The molecule has 0 radical (unpaired) electrons. The van der Waals surface area contributed by atoms with Crippen LogP contribution in [0.3, 0.4) is 0 Å². The van der Waals surface area contributed by atoms with Crippen LogP contribution in [0.25, 0.3) is 0 Å². The number of hydrogen-bond donors (Lipinski definition) is 2. The number of rotatable bonds is 7. The minimum atomic E-state index is -0.654. The highest BCUT2D eigenvalue weighted by Crippen LogP contribution is 2.31. The van der Waals surface area contributed by atoms with Crippen molar-refractivity contribution in [3.8, 4) is 0 Å². The van der Waals surface area contributed by atoms with Gasteiger partial charge in [0.1, 0.15) is 0 Å². The quantitative estimate of drug-likeness (QED) is 0.525. The first-order valence-electron chi connectivity index (χ1n) is 9.06. The maximum atomic E-state index is 12.6. The summed E-state index contributed by atoms with van der Waals surface area (Å²) >= 11 is 12.2. The molecule has 2 aromatic carbocycles. The topological polar surface area (TPSA) is 80.3 Å². The summed E-state index contributed by atoms with van der Waals surface area (Å²) in [7, 11) is 1.24. The van der Waals surface area contributed by atoms with E-state index in [1.165, 1.54) is 19.2 Å². The van der Waals surface area contributed by atoms with Crippen LogP contribution in [0.1, 0.15) is 27.7 Å². The van der Waals surface area contributed by atoms with Gasteiger partial charge in [-0.25, -0.2) is 4.79 Å². The number of nitrogens with one attached hydrogen (secondary N) is 2. The normalized spacial score (nSPS) is 11.6. The van der Waals surface area contributed by atoms with E-state index in [0.29, 0.717) is 0 Å². The predicted molar refractivity (Wildman–Crippen MR) is 117 cm³/mol. The van der Waals surface area contributed by atoms with Crippen molar-refractivity contribution in [1.29, 1.82) is 0 Å². The first kappa shape index (κ1) is 21.8. The van der Waals surface area contributed by atoms with Gasteiger partial charge in [0, 0.05) is 11.2 Å².